The van der Waals surface area contributed by atoms with Crippen molar-refractivity contribution in [1.82, 2.24) is 29.4 Å². The van der Waals surface area contributed by atoms with E-state index in [1.165, 1.54) is 6.20 Å². The van der Waals surface area contributed by atoms with Gasteiger partial charge in [0.2, 0.25) is 17.6 Å². The molecule has 0 aliphatic heterocycles. The Hall–Kier alpha value is -2.79. The fourth-order valence-electron chi connectivity index (χ4n) is 2.35. The summed E-state index contributed by atoms with van der Waals surface area (Å²) < 4.78 is 39.3. The first-order valence-electron chi connectivity index (χ1n) is 8.38. The summed E-state index contributed by atoms with van der Waals surface area (Å²) >= 11 is 0. The average Bonchev–Trinajstić information content (AvgIpc) is 3.28. The van der Waals surface area contributed by atoms with Crippen molar-refractivity contribution < 1.29 is 17.7 Å². The fourth-order valence-corrected chi connectivity index (χ4v) is 3.33. The molecule has 0 aromatic carbocycles. The molecule has 0 aliphatic carbocycles. The predicted molar refractivity (Wildman–Crippen MR) is 95.4 cm³/mol. The van der Waals surface area contributed by atoms with Crippen LogP contribution in [0.4, 0.5) is 0 Å². The van der Waals surface area contributed by atoms with Crippen LogP contribution >= 0.6 is 0 Å². The number of ether oxygens (including phenoxy) is 1. The van der Waals surface area contributed by atoms with E-state index in [-0.39, 0.29) is 17.5 Å². The number of rotatable bonds is 8. The molecular formula is C16H20N6O4S. The molecule has 3 aromatic rings. The maximum absolute atomic E-state index is 12.4. The molecule has 1 N–H and O–H groups in total. The molecule has 0 bridgehead atoms. The number of nitrogens with zero attached hydrogens (tertiary/aromatic N) is 5. The molecule has 3 rings (SSSR count). The third kappa shape index (κ3) is 4.31. The molecule has 144 valence electrons. The molecule has 0 aliphatic rings. The van der Waals surface area contributed by atoms with E-state index in [4.69, 9.17) is 9.26 Å². The lowest BCUT2D eigenvalue weighted by atomic mass is 10.3. The lowest BCUT2D eigenvalue weighted by Gasteiger charge is -2.01. The van der Waals surface area contributed by atoms with Gasteiger partial charge in [0.25, 0.3) is 10.0 Å². The highest BCUT2D eigenvalue weighted by atomic mass is 32.2. The number of sulfonamides is 1. The average molecular weight is 392 g/mol. The van der Waals surface area contributed by atoms with Gasteiger partial charge in [-0.1, -0.05) is 5.16 Å². The van der Waals surface area contributed by atoms with Crippen molar-refractivity contribution in [2.45, 2.75) is 38.9 Å². The molecular weight excluding hydrogens is 372 g/mol. The second-order valence-electron chi connectivity index (χ2n) is 5.57. The highest BCUT2D eigenvalue weighted by Gasteiger charge is 2.20. The molecule has 0 radical (unpaired) electrons. The molecule has 0 unspecified atom stereocenters. The zero-order valence-electron chi connectivity index (χ0n) is 15.2. The number of hydrogen-bond donors (Lipinski definition) is 1. The van der Waals surface area contributed by atoms with Crippen LogP contribution in [0.25, 0.3) is 11.4 Å². The lowest BCUT2D eigenvalue weighted by Crippen LogP contribution is -2.23. The van der Waals surface area contributed by atoms with Crippen LogP contribution in [0.5, 0.6) is 5.88 Å². The molecule has 0 spiro atoms. The minimum atomic E-state index is -3.78. The summed E-state index contributed by atoms with van der Waals surface area (Å²) in [7, 11) is -3.78. The normalized spacial score (nSPS) is 11.7. The smallest absolute Gasteiger partial charge is 0.260 e. The van der Waals surface area contributed by atoms with Crippen LogP contribution in [0.15, 0.2) is 34.1 Å². The Balaban J connectivity index is 1.68. The van der Waals surface area contributed by atoms with E-state index < -0.39 is 10.0 Å². The molecule has 0 fully saturated rings. The van der Waals surface area contributed by atoms with Crippen LogP contribution in [-0.4, -0.2) is 39.7 Å². The predicted octanol–water partition coefficient (Wildman–Crippen LogP) is 1.53. The summed E-state index contributed by atoms with van der Waals surface area (Å²) in [5, 5.41) is 3.80. The number of imidazole rings is 1. The van der Waals surface area contributed by atoms with Crippen molar-refractivity contribution in [1.29, 1.82) is 0 Å². The molecule has 27 heavy (non-hydrogen) atoms. The van der Waals surface area contributed by atoms with Crippen LogP contribution < -0.4 is 9.46 Å². The Labute approximate surface area is 156 Å². The largest absolute Gasteiger partial charge is 0.478 e. The molecule has 0 saturated heterocycles. The maximum atomic E-state index is 12.4. The summed E-state index contributed by atoms with van der Waals surface area (Å²) in [6.07, 6.45) is 3.05. The molecule has 0 amide bonds. The Morgan fingerprint density at radius 3 is 2.70 bits per heavy atom. The third-order valence-electron chi connectivity index (χ3n) is 3.74. The van der Waals surface area contributed by atoms with Gasteiger partial charge >= 0.3 is 0 Å². The lowest BCUT2D eigenvalue weighted by molar-refractivity contribution is 0.327. The summed E-state index contributed by atoms with van der Waals surface area (Å²) in [5.74, 6) is 1.57. The van der Waals surface area contributed by atoms with E-state index in [9.17, 15) is 8.42 Å². The van der Waals surface area contributed by atoms with Crippen LogP contribution in [-0.2, 0) is 23.1 Å². The number of aromatic nitrogens is 5. The third-order valence-corrected chi connectivity index (χ3v) is 5.01. The monoisotopic (exact) mass is 392 g/mol. The van der Waals surface area contributed by atoms with E-state index in [0.29, 0.717) is 36.2 Å². The molecule has 10 nitrogen and oxygen atoms in total. The summed E-state index contributed by atoms with van der Waals surface area (Å²) in [5.41, 5.74) is 0.633. The van der Waals surface area contributed by atoms with E-state index in [1.54, 1.807) is 29.8 Å². The van der Waals surface area contributed by atoms with Crippen molar-refractivity contribution in [3.63, 3.8) is 0 Å². The van der Waals surface area contributed by atoms with E-state index in [0.717, 1.165) is 0 Å². The highest BCUT2D eigenvalue weighted by Crippen LogP contribution is 2.17. The van der Waals surface area contributed by atoms with Gasteiger partial charge in [0, 0.05) is 30.6 Å². The Morgan fingerprint density at radius 1 is 1.26 bits per heavy atom. The van der Waals surface area contributed by atoms with Gasteiger partial charge in [-0.2, -0.15) is 4.98 Å². The first-order valence-corrected chi connectivity index (χ1v) is 9.86. The van der Waals surface area contributed by atoms with Gasteiger partial charge in [-0.05, 0) is 26.8 Å². The molecule has 0 saturated carbocycles. The summed E-state index contributed by atoms with van der Waals surface area (Å²) in [6.45, 7) is 6.55. The number of pyridine rings is 1. The topological polar surface area (TPSA) is 125 Å². The van der Waals surface area contributed by atoms with Crippen LogP contribution in [0, 0.1) is 6.92 Å². The van der Waals surface area contributed by atoms with Crippen LogP contribution in [0.1, 0.15) is 25.6 Å². The molecule has 11 heteroatoms. The van der Waals surface area contributed by atoms with Crippen molar-refractivity contribution >= 4 is 10.0 Å². The van der Waals surface area contributed by atoms with E-state index >= 15 is 0 Å². The van der Waals surface area contributed by atoms with Gasteiger partial charge in [0.15, 0.2) is 5.03 Å². The zero-order chi connectivity index (χ0) is 19.4. The Kier molecular flexibility index (Phi) is 5.51. The SMILES string of the molecule is CCOc1ccc(-c2noc(CNS(=O)(=O)c3cn(CC)c(C)n3)n2)cn1. The highest BCUT2D eigenvalue weighted by molar-refractivity contribution is 7.89. The zero-order valence-corrected chi connectivity index (χ0v) is 16.0. The minimum absolute atomic E-state index is 0.0442. The first kappa shape index (κ1) is 19.0. The van der Waals surface area contributed by atoms with Crippen molar-refractivity contribution in [2.75, 3.05) is 6.61 Å². The van der Waals surface area contributed by atoms with Crippen molar-refractivity contribution in [3.05, 3.63) is 36.2 Å². The van der Waals surface area contributed by atoms with Crippen LogP contribution in [0.3, 0.4) is 0 Å². The van der Waals surface area contributed by atoms with Gasteiger partial charge in [-0.15, -0.1) is 0 Å². The van der Waals surface area contributed by atoms with Crippen LogP contribution in [0.2, 0.25) is 0 Å². The summed E-state index contributed by atoms with van der Waals surface area (Å²) in [4.78, 5) is 12.4. The van der Waals surface area contributed by atoms with Gasteiger partial charge in [0.05, 0.1) is 13.2 Å². The van der Waals surface area contributed by atoms with Crippen molar-refractivity contribution in [3.8, 4) is 17.3 Å². The van der Waals surface area contributed by atoms with Gasteiger partial charge in [-0.3, -0.25) is 0 Å². The fraction of sp³-hybridized carbons (Fsp3) is 0.375. The van der Waals surface area contributed by atoms with Crippen molar-refractivity contribution in [2.24, 2.45) is 0 Å². The van der Waals surface area contributed by atoms with Gasteiger partial charge < -0.3 is 13.8 Å². The quantitative estimate of drug-likeness (QED) is 0.612. The Bertz CT molecular complexity index is 1010. The van der Waals surface area contributed by atoms with Gasteiger partial charge in [0.1, 0.15) is 5.82 Å². The number of hydrogen-bond acceptors (Lipinski definition) is 8. The summed E-state index contributed by atoms with van der Waals surface area (Å²) in [6, 6.07) is 3.45. The number of nitrogens with one attached hydrogen (secondary N) is 1. The van der Waals surface area contributed by atoms with Gasteiger partial charge in [-0.25, -0.2) is 23.1 Å². The first-order chi connectivity index (χ1) is 12.9. The molecule has 3 heterocycles. The minimum Gasteiger partial charge on any atom is -0.478 e. The second kappa shape index (κ2) is 7.84. The molecule has 3 aromatic heterocycles. The maximum Gasteiger partial charge on any atom is 0.260 e. The standard InChI is InChI=1S/C16H20N6O4S/c1-4-22-10-15(19-11(22)3)27(23,24)18-9-14-20-16(21-26-14)12-6-7-13(17-8-12)25-5-2/h6-8,10,18H,4-5,9H2,1-3H3. The van der Waals surface area contributed by atoms with E-state index in [2.05, 4.69) is 24.8 Å². The van der Waals surface area contributed by atoms with E-state index in [1.807, 2.05) is 13.8 Å². The Morgan fingerprint density at radius 2 is 2.07 bits per heavy atom. The second-order valence-corrected chi connectivity index (χ2v) is 7.28. The number of aryl methyl sites for hydroxylation is 2. The molecule has 0 atom stereocenters.